The number of nitrogens with zero attached hydrogens (tertiary/aromatic N) is 3. The molecule has 1 aromatic heterocycles. The summed E-state index contributed by atoms with van der Waals surface area (Å²) in [7, 11) is 0. The molecule has 0 spiro atoms. The van der Waals surface area contributed by atoms with Crippen LogP contribution in [0.4, 0.5) is 17.1 Å². The lowest BCUT2D eigenvalue weighted by Gasteiger charge is -2.36. The van der Waals surface area contributed by atoms with Gasteiger partial charge in [0.25, 0.3) is 17.5 Å². The van der Waals surface area contributed by atoms with E-state index < -0.39 is 10.8 Å². The van der Waals surface area contributed by atoms with E-state index in [9.17, 15) is 19.7 Å². The minimum atomic E-state index is -0.550. The van der Waals surface area contributed by atoms with Crippen LogP contribution in [0.2, 0.25) is 5.02 Å². The smallest absolute Gasteiger partial charge is 0.273 e. The average Bonchev–Trinajstić information content (AvgIpc) is 3.39. The number of thiophene rings is 1. The van der Waals surface area contributed by atoms with Crippen LogP contribution in [0.5, 0.6) is 0 Å². The number of anilines is 2. The van der Waals surface area contributed by atoms with Gasteiger partial charge in [0.05, 0.1) is 20.5 Å². The molecule has 0 aliphatic carbocycles. The number of amides is 2. The van der Waals surface area contributed by atoms with E-state index in [4.69, 9.17) is 23.8 Å². The Morgan fingerprint density at radius 2 is 1.86 bits per heavy atom. The third kappa shape index (κ3) is 5.64. The van der Waals surface area contributed by atoms with Crippen molar-refractivity contribution < 1.29 is 14.5 Å². The number of carbonyl (C=O) groups is 2. The maximum atomic E-state index is 12.6. The monoisotopic (exact) mass is 543 g/mol. The van der Waals surface area contributed by atoms with E-state index >= 15 is 0 Å². The number of halogens is 1. The number of rotatable bonds is 5. The van der Waals surface area contributed by atoms with Gasteiger partial charge in [-0.05, 0) is 54.9 Å². The Balaban J connectivity index is 1.35. The Labute approximate surface area is 221 Å². The third-order valence-corrected chi connectivity index (χ3v) is 7.18. The topological polar surface area (TPSA) is 108 Å². The van der Waals surface area contributed by atoms with Crippen LogP contribution >= 0.6 is 35.2 Å². The van der Waals surface area contributed by atoms with Crippen molar-refractivity contribution in [1.82, 2.24) is 10.2 Å². The molecule has 1 aliphatic rings. The lowest BCUT2D eigenvalue weighted by molar-refractivity contribution is -0.385. The first-order valence-electron chi connectivity index (χ1n) is 11.0. The van der Waals surface area contributed by atoms with Gasteiger partial charge in [-0.25, -0.2) is 0 Å². The van der Waals surface area contributed by atoms with Crippen molar-refractivity contribution in [3.63, 3.8) is 0 Å². The zero-order valence-corrected chi connectivity index (χ0v) is 21.6. The van der Waals surface area contributed by atoms with Gasteiger partial charge in [-0.2, -0.15) is 0 Å². The van der Waals surface area contributed by atoms with E-state index in [1.165, 1.54) is 36.5 Å². The summed E-state index contributed by atoms with van der Waals surface area (Å²) in [5.74, 6) is -0.502. The summed E-state index contributed by atoms with van der Waals surface area (Å²) < 4.78 is 0. The maximum Gasteiger partial charge on any atom is 0.273 e. The van der Waals surface area contributed by atoms with Crippen molar-refractivity contribution >= 4 is 69.1 Å². The highest BCUT2D eigenvalue weighted by Crippen LogP contribution is 2.30. The van der Waals surface area contributed by atoms with Gasteiger partial charge in [0.2, 0.25) is 0 Å². The summed E-state index contributed by atoms with van der Waals surface area (Å²) in [6.45, 7) is 4.02. The van der Waals surface area contributed by atoms with Crippen molar-refractivity contribution in [1.29, 1.82) is 0 Å². The third-order valence-electron chi connectivity index (χ3n) is 5.82. The van der Waals surface area contributed by atoms with Crippen molar-refractivity contribution in [3.05, 3.63) is 85.1 Å². The molecule has 0 atom stereocenters. The number of thiocarbonyl (C=S) groups is 1. The molecule has 0 unspecified atom stereocenters. The fourth-order valence-corrected chi connectivity index (χ4v) is 5.15. The number of nitro groups is 1. The van der Waals surface area contributed by atoms with E-state index in [1.807, 2.05) is 28.5 Å². The van der Waals surface area contributed by atoms with E-state index in [1.54, 1.807) is 12.1 Å². The molecule has 2 aromatic carbocycles. The van der Waals surface area contributed by atoms with Crippen molar-refractivity contribution in [2.75, 3.05) is 36.4 Å². The summed E-state index contributed by atoms with van der Waals surface area (Å²) in [6.07, 6.45) is 0. The quantitative estimate of drug-likeness (QED) is 0.272. The minimum Gasteiger partial charge on any atom is -0.367 e. The number of hydrogen-bond acceptors (Lipinski definition) is 7. The van der Waals surface area contributed by atoms with Crippen LogP contribution in [0.25, 0.3) is 0 Å². The molecule has 1 fully saturated rings. The summed E-state index contributed by atoms with van der Waals surface area (Å²) in [5, 5.41) is 19.0. The molecule has 0 bridgehead atoms. The van der Waals surface area contributed by atoms with Gasteiger partial charge < -0.3 is 15.1 Å². The molecule has 2 heterocycles. The standard InChI is InChI=1S/C24H22ClN5O4S2/c1-15-17(4-2-5-19(15)30(33)34)22(31)27-24(35)26-16-7-8-20(18(25)14-16)28-9-11-29(12-10-28)23(32)21-6-3-13-36-21/h2-8,13-14H,9-12H2,1H3,(H2,26,27,31,35). The zero-order chi connectivity index (χ0) is 25.8. The van der Waals surface area contributed by atoms with Crippen LogP contribution in [0.3, 0.4) is 0 Å². The number of hydrogen-bond donors (Lipinski definition) is 2. The molecule has 0 saturated carbocycles. The Kier molecular flexibility index (Phi) is 7.82. The van der Waals surface area contributed by atoms with Gasteiger partial charge in [0.15, 0.2) is 5.11 Å². The molecule has 186 valence electrons. The molecule has 0 radical (unpaired) electrons. The first kappa shape index (κ1) is 25.5. The van der Waals surface area contributed by atoms with Crippen molar-refractivity contribution in [2.45, 2.75) is 6.92 Å². The largest absolute Gasteiger partial charge is 0.367 e. The van der Waals surface area contributed by atoms with Gasteiger partial charge in [-0.15, -0.1) is 11.3 Å². The molecule has 9 nitrogen and oxygen atoms in total. The molecule has 4 rings (SSSR count). The number of nitro benzene ring substituents is 1. The van der Waals surface area contributed by atoms with E-state index in [0.717, 1.165) is 10.6 Å². The number of piperazine rings is 1. The number of carbonyl (C=O) groups excluding carboxylic acids is 2. The fraction of sp³-hybridized carbons (Fsp3) is 0.208. The highest BCUT2D eigenvalue weighted by atomic mass is 35.5. The van der Waals surface area contributed by atoms with Gasteiger partial charge in [-0.1, -0.05) is 23.7 Å². The Morgan fingerprint density at radius 3 is 2.50 bits per heavy atom. The molecule has 1 aliphatic heterocycles. The minimum absolute atomic E-state index is 0.0374. The van der Waals surface area contributed by atoms with E-state index in [2.05, 4.69) is 15.5 Å². The van der Waals surface area contributed by atoms with Gasteiger partial charge in [-0.3, -0.25) is 25.0 Å². The molecule has 2 amide bonds. The Bertz CT molecular complexity index is 1320. The van der Waals surface area contributed by atoms with Gasteiger partial charge >= 0.3 is 0 Å². The highest BCUT2D eigenvalue weighted by Gasteiger charge is 2.24. The first-order valence-corrected chi connectivity index (χ1v) is 12.6. The molecule has 2 N–H and O–H groups in total. The van der Waals surface area contributed by atoms with Crippen LogP contribution in [-0.4, -0.2) is 52.9 Å². The molecule has 1 saturated heterocycles. The zero-order valence-electron chi connectivity index (χ0n) is 19.2. The van der Waals surface area contributed by atoms with Crippen LogP contribution in [-0.2, 0) is 0 Å². The second-order valence-corrected chi connectivity index (χ2v) is 9.80. The lowest BCUT2D eigenvalue weighted by Crippen LogP contribution is -2.48. The Morgan fingerprint density at radius 1 is 1.11 bits per heavy atom. The van der Waals surface area contributed by atoms with Crippen molar-refractivity contribution in [3.8, 4) is 0 Å². The van der Waals surface area contributed by atoms with E-state index in [-0.39, 0.29) is 27.8 Å². The van der Waals surface area contributed by atoms with Gasteiger partial charge in [0, 0.05) is 49.1 Å². The summed E-state index contributed by atoms with van der Waals surface area (Å²) in [5.41, 5.74) is 1.70. The summed E-state index contributed by atoms with van der Waals surface area (Å²) >= 11 is 13.2. The van der Waals surface area contributed by atoms with E-state index in [0.29, 0.717) is 36.9 Å². The highest BCUT2D eigenvalue weighted by molar-refractivity contribution is 7.80. The average molecular weight is 544 g/mol. The van der Waals surface area contributed by atoms with Crippen molar-refractivity contribution in [2.24, 2.45) is 0 Å². The molecule has 12 heteroatoms. The van der Waals surface area contributed by atoms with Crippen LogP contribution in [0.15, 0.2) is 53.9 Å². The number of nitrogens with one attached hydrogen (secondary N) is 2. The first-order chi connectivity index (χ1) is 17.2. The lowest BCUT2D eigenvalue weighted by atomic mass is 10.1. The predicted octanol–water partition coefficient (Wildman–Crippen LogP) is 4.71. The van der Waals surface area contributed by atoms with Crippen LogP contribution in [0, 0.1) is 17.0 Å². The summed E-state index contributed by atoms with van der Waals surface area (Å²) in [4.78, 5) is 40.5. The maximum absolute atomic E-state index is 12.6. The molecule has 3 aromatic rings. The SMILES string of the molecule is Cc1c(C(=O)NC(=S)Nc2ccc(N3CCN(C(=O)c4cccs4)CC3)c(Cl)c2)cccc1[N+](=O)[O-]. The fourth-order valence-electron chi connectivity index (χ4n) is 3.95. The van der Waals surface area contributed by atoms with Crippen LogP contribution < -0.4 is 15.5 Å². The summed E-state index contributed by atoms with van der Waals surface area (Å²) in [6, 6.07) is 13.4. The van der Waals surface area contributed by atoms with Crippen LogP contribution in [0.1, 0.15) is 25.6 Å². The van der Waals surface area contributed by atoms with Gasteiger partial charge in [0.1, 0.15) is 0 Å². The predicted molar refractivity (Wildman–Crippen MR) is 145 cm³/mol. The Hall–Kier alpha value is -3.54. The number of benzene rings is 2. The molecular formula is C24H22ClN5O4S2. The molecular weight excluding hydrogens is 522 g/mol. The molecule has 36 heavy (non-hydrogen) atoms. The second kappa shape index (κ2) is 11.0. The normalized spacial score (nSPS) is 13.3. The second-order valence-electron chi connectivity index (χ2n) is 8.04.